The molecular weight excluding hydrogens is 342 g/mol. The summed E-state index contributed by atoms with van der Waals surface area (Å²) < 4.78 is 16.5. The van der Waals surface area contributed by atoms with Crippen LogP contribution in [0.1, 0.15) is 40.6 Å². The number of piperidine rings is 1. The predicted octanol–water partition coefficient (Wildman–Crippen LogP) is 3.83. The van der Waals surface area contributed by atoms with E-state index < -0.39 is 0 Å². The van der Waals surface area contributed by atoms with Gasteiger partial charge in [-0.25, -0.2) is 4.79 Å². The van der Waals surface area contributed by atoms with Crippen LogP contribution in [0.15, 0.2) is 42.5 Å². The molecule has 27 heavy (non-hydrogen) atoms. The zero-order chi connectivity index (χ0) is 18.8. The summed E-state index contributed by atoms with van der Waals surface area (Å²) in [7, 11) is 3.12. The number of carbonyl (C=O) groups excluding carboxylic acids is 1. The summed E-state index contributed by atoms with van der Waals surface area (Å²) in [5, 5.41) is 0. The van der Waals surface area contributed by atoms with E-state index in [-0.39, 0.29) is 12.2 Å². The molecule has 1 unspecified atom stereocenters. The number of rotatable bonds is 5. The van der Waals surface area contributed by atoms with Crippen LogP contribution >= 0.6 is 0 Å². The SMILES string of the molecule is COc1ccc2c(c1OC)C(=O)OC2N1CCC(Cc2ccccc2)CC1. The van der Waals surface area contributed by atoms with Gasteiger partial charge in [0.25, 0.3) is 0 Å². The highest BCUT2D eigenvalue weighted by Gasteiger charge is 2.40. The molecule has 2 aliphatic heterocycles. The van der Waals surface area contributed by atoms with Gasteiger partial charge in [0.1, 0.15) is 5.56 Å². The highest BCUT2D eigenvalue weighted by atomic mass is 16.6. The Morgan fingerprint density at radius 1 is 1.04 bits per heavy atom. The second kappa shape index (κ2) is 7.61. The van der Waals surface area contributed by atoms with Gasteiger partial charge in [-0.3, -0.25) is 4.90 Å². The van der Waals surface area contributed by atoms with Gasteiger partial charge >= 0.3 is 5.97 Å². The van der Waals surface area contributed by atoms with Crippen molar-refractivity contribution in [3.05, 3.63) is 59.2 Å². The van der Waals surface area contributed by atoms with Gasteiger partial charge in [0.05, 0.1) is 14.2 Å². The van der Waals surface area contributed by atoms with Gasteiger partial charge in [0.2, 0.25) is 0 Å². The molecule has 2 heterocycles. The average molecular weight is 367 g/mol. The molecular formula is C22H25NO4. The molecule has 1 atom stereocenters. The van der Waals surface area contributed by atoms with Crippen molar-refractivity contribution >= 4 is 5.97 Å². The Kier molecular flexibility index (Phi) is 5.03. The molecule has 0 spiro atoms. The third kappa shape index (κ3) is 3.39. The van der Waals surface area contributed by atoms with E-state index in [9.17, 15) is 4.79 Å². The Bertz CT molecular complexity index is 813. The van der Waals surface area contributed by atoms with Crippen molar-refractivity contribution in [1.29, 1.82) is 0 Å². The van der Waals surface area contributed by atoms with Gasteiger partial charge in [-0.05, 0) is 42.9 Å². The summed E-state index contributed by atoms with van der Waals surface area (Å²) in [4.78, 5) is 14.7. The minimum atomic E-state index is -0.336. The Hall–Kier alpha value is -2.53. The Morgan fingerprint density at radius 3 is 2.44 bits per heavy atom. The van der Waals surface area contributed by atoms with Crippen LogP contribution in [0, 0.1) is 5.92 Å². The predicted molar refractivity (Wildman–Crippen MR) is 102 cm³/mol. The fourth-order valence-corrected chi connectivity index (χ4v) is 4.19. The molecule has 1 saturated heterocycles. The number of hydrogen-bond donors (Lipinski definition) is 0. The first-order valence-electron chi connectivity index (χ1n) is 9.45. The van der Waals surface area contributed by atoms with Crippen LogP contribution in [-0.4, -0.2) is 38.2 Å². The average Bonchev–Trinajstić information content (AvgIpc) is 3.05. The first kappa shape index (κ1) is 17.9. The number of esters is 1. The van der Waals surface area contributed by atoms with Crippen molar-refractivity contribution < 1.29 is 19.0 Å². The molecule has 5 heteroatoms. The Balaban J connectivity index is 1.47. The summed E-state index contributed by atoms with van der Waals surface area (Å²) in [6.07, 6.45) is 2.99. The first-order chi connectivity index (χ1) is 13.2. The summed E-state index contributed by atoms with van der Waals surface area (Å²) >= 11 is 0. The van der Waals surface area contributed by atoms with Gasteiger partial charge in [-0.1, -0.05) is 30.3 Å². The third-order valence-electron chi connectivity index (χ3n) is 5.61. The standard InChI is InChI=1S/C22H25NO4/c1-25-18-9-8-17-19(20(18)26-2)22(24)27-21(17)23-12-10-16(11-13-23)14-15-6-4-3-5-7-15/h3-9,16,21H,10-14H2,1-2H3. The molecule has 0 aromatic heterocycles. The maximum atomic E-state index is 12.5. The van der Waals surface area contributed by atoms with Gasteiger partial charge in [0, 0.05) is 18.7 Å². The number of likely N-dealkylation sites (tertiary alicyclic amines) is 1. The summed E-state index contributed by atoms with van der Waals surface area (Å²) in [5.74, 6) is 1.35. The number of methoxy groups -OCH3 is 2. The second-order valence-electron chi connectivity index (χ2n) is 7.19. The number of nitrogens with zero attached hydrogens (tertiary/aromatic N) is 1. The van der Waals surface area contributed by atoms with Gasteiger partial charge < -0.3 is 14.2 Å². The highest BCUT2D eigenvalue weighted by Crippen LogP contribution is 2.43. The lowest BCUT2D eigenvalue weighted by Gasteiger charge is -2.35. The zero-order valence-corrected chi connectivity index (χ0v) is 15.8. The summed E-state index contributed by atoms with van der Waals surface area (Å²) in [5.41, 5.74) is 2.76. The lowest BCUT2D eigenvalue weighted by Crippen LogP contribution is -2.37. The minimum Gasteiger partial charge on any atom is -0.493 e. The molecule has 0 bridgehead atoms. The van der Waals surface area contributed by atoms with E-state index in [0.717, 1.165) is 37.9 Å². The molecule has 2 aliphatic rings. The van der Waals surface area contributed by atoms with E-state index >= 15 is 0 Å². The van der Waals surface area contributed by atoms with Gasteiger partial charge in [0.15, 0.2) is 17.7 Å². The zero-order valence-electron chi connectivity index (χ0n) is 15.8. The van der Waals surface area contributed by atoms with E-state index in [1.165, 1.54) is 5.56 Å². The Morgan fingerprint density at radius 2 is 1.78 bits per heavy atom. The van der Waals surface area contributed by atoms with E-state index in [4.69, 9.17) is 14.2 Å². The van der Waals surface area contributed by atoms with Crippen molar-refractivity contribution in [1.82, 2.24) is 4.90 Å². The molecule has 0 aliphatic carbocycles. The van der Waals surface area contributed by atoms with Crippen molar-refractivity contribution in [2.75, 3.05) is 27.3 Å². The van der Waals surface area contributed by atoms with E-state index in [0.29, 0.717) is 23.0 Å². The normalized spacial score (nSPS) is 20.2. The number of hydrogen-bond acceptors (Lipinski definition) is 5. The molecule has 5 nitrogen and oxygen atoms in total. The van der Waals surface area contributed by atoms with Crippen molar-refractivity contribution in [2.45, 2.75) is 25.5 Å². The van der Waals surface area contributed by atoms with E-state index in [1.807, 2.05) is 12.1 Å². The van der Waals surface area contributed by atoms with Gasteiger partial charge in [-0.2, -0.15) is 0 Å². The second-order valence-corrected chi connectivity index (χ2v) is 7.19. The van der Waals surface area contributed by atoms with Crippen LogP contribution in [0.2, 0.25) is 0 Å². The number of benzene rings is 2. The minimum absolute atomic E-state index is 0.329. The first-order valence-corrected chi connectivity index (χ1v) is 9.45. The van der Waals surface area contributed by atoms with Crippen LogP contribution in [0.5, 0.6) is 11.5 Å². The van der Waals surface area contributed by atoms with Crippen molar-refractivity contribution in [2.24, 2.45) is 5.92 Å². The monoisotopic (exact) mass is 367 g/mol. The molecule has 4 rings (SSSR count). The molecule has 0 saturated carbocycles. The lowest BCUT2D eigenvalue weighted by molar-refractivity contribution is -0.0357. The maximum Gasteiger partial charge on any atom is 0.344 e. The highest BCUT2D eigenvalue weighted by molar-refractivity contribution is 5.98. The molecule has 2 aromatic rings. The fourth-order valence-electron chi connectivity index (χ4n) is 4.19. The lowest BCUT2D eigenvalue weighted by atomic mass is 9.90. The molecule has 0 amide bonds. The fraction of sp³-hybridized carbons (Fsp3) is 0.409. The molecule has 142 valence electrons. The quantitative estimate of drug-likeness (QED) is 0.752. The van der Waals surface area contributed by atoms with Gasteiger partial charge in [-0.15, -0.1) is 0 Å². The summed E-state index contributed by atoms with van der Waals surface area (Å²) in [6, 6.07) is 14.4. The van der Waals surface area contributed by atoms with Crippen LogP contribution in [0.3, 0.4) is 0 Å². The third-order valence-corrected chi connectivity index (χ3v) is 5.61. The number of cyclic esters (lactones) is 1. The van der Waals surface area contributed by atoms with Crippen LogP contribution in [-0.2, 0) is 11.2 Å². The number of carbonyl (C=O) groups is 1. The molecule has 0 N–H and O–H groups in total. The van der Waals surface area contributed by atoms with E-state index in [1.54, 1.807) is 14.2 Å². The van der Waals surface area contributed by atoms with Crippen LogP contribution in [0.4, 0.5) is 0 Å². The molecule has 0 radical (unpaired) electrons. The van der Waals surface area contributed by atoms with Crippen molar-refractivity contribution in [3.8, 4) is 11.5 Å². The smallest absolute Gasteiger partial charge is 0.344 e. The topological polar surface area (TPSA) is 48.0 Å². The number of fused-ring (bicyclic) bond motifs is 1. The summed E-state index contributed by atoms with van der Waals surface area (Å²) in [6.45, 7) is 1.84. The van der Waals surface area contributed by atoms with Crippen molar-refractivity contribution in [3.63, 3.8) is 0 Å². The van der Waals surface area contributed by atoms with E-state index in [2.05, 4.69) is 35.2 Å². The van der Waals surface area contributed by atoms with Crippen LogP contribution < -0.4 is 9.47 Å². The largest absolute Gasteiger partial charge is 0.493 e. The Labute approximate surface area is 159 Å². The number of ether oxygens (including phenoxy) is 3. The van der Waals surface area contributed by atoms with Crippen LogP contribution in [0.25, 0.3) is 0 Å². The molecule has 1 fully saturated rings. The maximum absolute atomic E-state index is 12.5. The molecule has 2 aromatic carbocycles.